The summed E-state index contributed by atoms with van der Waals surface area (Å²) in [6.45, 7) is 1.72. The van der Waals surface area contributed by atoms with Crippen molar-refractivity contribution in [3.63, 3.8) is 0 Å². The molecule has 2 heterocycles. The highest BCUT2D eigenvalue weighted by molar-refractivity contribution is 5.83. The second kappa shape index (κ2) is 7.27. The van der Waals surface area contributed by atoms with Crippen LogP contribution in [0, 0.1) is 0 Å². The van der Waals surface area contributed by atoms with Crippen LogP contribution in [0.3, 0.4) is 0 Å². The largest absolute Gasteiger partial charge is 0.487 e. The molecule has 1 aromatic heterocycles. The van der Waals surface area contributed by atoms with E-state index in [2.05, 4.69) is 10.4 Å². The van der Waals surface area contributed by atoms with Gasteiger partial charge in [-0.2, -0.15) is 5.10 Å². The summed E-state index contributed by atoms with van der Waals surface area (Å²) in [5, 5.41) is 8.77. The van der Waals surface area contributed by atoms with Crippen LogP contribution in [0.5, 0.6) is 5.75 Å². The number of rotatable bonds is 3. The highest BCUT2D eigenvalue weighted by Crippen LogP contribution is 2.47. The molecular formula is C24H25N3O3. The van der Waals surface area contributed by atoms with Crippen molar-refractivity contribution in [2.75, 3.05) is 0 Å². The number of amides is 1. The number of aromatic nitrogens is 2. The van der Waals surface area contributed by atoms with Gasteiger partial charge in [0.2, 0.25) is 5.91 Å². The molecule has 1 amide bonds. The van der Waals surface area contributed by atoms with Gasteiger partial charge in [-0.25, -0.2) is 4.68 Å². The van der Waals surface area contributed by atoms with Crippen molar-refractivity contribution in [2.24, 2.45) is 0 Å². The van der Waals surface area contributed by atoms with Gasteiger partial charge in [-0.3, -0.25) is 9.59 Å². The zero-order valence-electron chi connectivity index (χ0n) is 17.0. The summed E-state index contributed by atoms with van der Waals surface area (Å²) in [6, 6.07) is 14.4. The minimum atomic E-state index is -0.711. The van der Waals surface area contributed by atoms with Crippen LogP contribution in [0.2, 0.25) is 0 Å². The molecule has 0 saturated heterocycles. The van der Waals surface area contributed by atoms with Gasteiger partial charge < -0.3 is 10.1 Å². The van der Waals surface area contributed by atoms with E-state index in [9.17, 15) is 9.59 Å². The maximum atomic E-state index is 13.2. The van der Waals surface area contributed by atoms with Gasteiger partial charge >= 0.3 is 0 Å². The molecule has 3 aromatic rings. The third kappa shape index (κ3) is 3.16. The maximum absolute atomic E-state index is 13.2. The number of fused-ring (bicyclic) bond motifs is 2. The van der Waals surface area contributed by atoms with E-state index < -0.39 is 6.04 Å². The molecule has 154 valence electrons. The lowest BCUT2D eigenvalue weighted by Gasteiger charge is -2.40. The average Bonchev–Trinajstić information content (AvgIpc) is 3.21. The first-order valence-electron chi connectivity index (χ1n) is 10.6. The van der Waals surface area contributed by atoms with Crippen LogP contribution in [0.15, 0.2) is 59.5 Å². The first-order valence-corrected chi connectivity index (χ1v) is 10.6. The summed E-state index contributed by atoms with van der Waals surface area (Å²) in [5.74, 6) is 0.638. The molecule has 1 spiro atoms. The molecule has 1 N–H and O–H groups in total. The fraction of sp³-hybridized carbons (Fsp3) is 0.375. The summed E-state index contributed by atoms with van der Waals surface area (Å²) in [4.78, 5) is 26.0. The number of hydrogen-bond acceptors (Lipinski definition) is 4. The molecule has 2 atom stereocenters. The Kier molecular flexibility index (Phi) is 4.57. The van der Waals surface area contributed by atoms with Crippen LogP contribution in [-0.2, 0) is 4.79 Å². The van der Waals surface area contributed by atoms with Crippen LogP contribution in [0.4, 0.5) is 0 Å². The Hall–Kier alpha value is -3.15. The van der Waals surface area contributed by atoms with Gasteiger partial charge in [-0.1, -0.05) is 36.4 Å². The van der Waals surface area contributed by atoms with E-state index in [1.165, 1.54) is 4.68 Å². The van der Waals surface area contributed by atoms with Crippen molar-refractivity contribution in [1.82, 2.24) is 15.1 Å². The third-order valence-corrected chi connectivity index (χ3v) is 6.50. The van der Waals surface area contributed by atoms with E-state index in [4.69, 9.17) is 4.74 Å². The zero-order valence-corrected chi connectivity index (χ0v) is 17.0. The zero-order chi connectivity index (χ0) is 20.7. The minimum Gasteiger partial charge on any atom is -0.487 e. The van der Waals surface area contributed by atoms with E-state index in [0.717, 1.165) is 48.8 Å². The monoisotopic (exact) mass is 403 g/mol. The first-order chi connectivity index (χ1) is 14.6. The van der Waals surface area contributed by atoms with E-state index in [0.29, 0.717) is 5.39 Å². The number of para-hydroxylation sites is 1. The van der Waals surface area contributed by atoms with Crippen LogP contribution >= 0.6 is 0 Å². The van der Waals surface area contributed by atoms with Crippen molar-refractivity contribution >= 4 is 16.7 Å². The van der Waals surface area contributed by atoms with Gasteiger partial charge in [0.25, 0.3) is 5.56 Å². The van der Waals surface area contributed by atoms with Crippen molar-refractivity contribution < 1.29 is 9.53 Å². The van der Waals surface area contributed by atoms with E-state index in [1.54, 1.807) is 19.2 Å². The van der Waals surface area contributed by atoms with Crippen molar-refractivity contribution in [1.29, 1.82) is 0 Å². The Morgan fingerprint density at radius 2 is 1.90 bits per heavy atom. The molecular weight excluding hydrogens is 378 g/mol. The summed E-state index contributed by atoms with van der Waals surface area (Å²) < 4.78 is 7.66. The smallest absolute Gasteiger partial charge is 0.275 e. The van der Waals surface area contributed by atoms with E-state index in [-0.39, 0.29) is 23.1 Å². The molecule has 2 aliphatic rings. The van der Waals surface area contributed by atoms with Gasteiger partial charge in [0.15, 0.2) is 0 Å². The first kappa shape index (κ1) is 18.9. The molecule has 6 nitrogen and oxygen atoms in total. The van der Waals surface area contributed by atoms with Crippen molar-refractivity contribution in [3.05, 3.63) is 70.6 Å². The lowest BCUT2D eigenvalue weighted by atomic mass is 9.86. The Balaban J connectivity index is 1.43. The van der Waals surface area contributed by atoms with Gasteiger partial charge in [-0.15, -0.1) is 0 Å². The van der Waals surface area contributed by atoms with Crippen LogP contribution < -0.4 is 15.6 Å². The Bertz CT molecular complexity index is 1160. The summed E-state index contributed by atoms with van der Waals surface area (Å²) in [7, 11) is 0. The van der Waals surface area contributed by atoms with Gasteiger partial charge in [0.1, 0.15) is 17.4 Å². The molecule has 30 heavy (non-hydrogen) atoms. The Morgan fingerprint density at radius 1 is 1.17 bits per heavy atom. The molecule has 1 fully saturated rings. The average molecular weight is 403 g/mol. The van der Waals surface area contributed by atoms with Gasteiger partial charge in [0.05, 0.1) is 17.6 Å². The SMILES string of the molecule is C[C@@H](C(=O)N[C@@H]1CC2(CCCC2)Oc2ccccc21)n1ncc2ccccc2c1=O. The van der Waals surface area contributed by atoms with Gasteiger partial charge in [0, 0.05) is 17.4 Å². The summed E-state index contributed by atoms with van der Waals surface area (Å²) in [6.07, 6.45) is 6.70. The van der Waals surface area contributed by atoms with Crippen LogP contribution in [-0.4, -0.2) is 21.3 Å². The molecule has 1 aliphatic carbocycles. The normalized spacial score (nSPS) is 20.5. The van der Waals surface area contributed by atoms with Gasteiger partial charge in [-0.05, 0) is 44.7 Å². The Morgan fingerprint density at radius 3 is 2.73 bits per heavy atom. The van der Waals surface area contributed by atoms with Crippen LogP contribution in [0.1, 0.15) is 56.7 Å². The van der Waals surface area contributed by atoms with Crippen LogP contribution in [0.25, 0.3) is 10.8 Å². The lowest BCUT2D eigenvalue weighted by Crippen LogP contribution is -2.45. The number of ether oxygens (including phenoxy) is 1. The second-order valence-electron chi connectivity index (χ2n) is 8.45. The lowest BCUT2D eigenvalue weighted by molar-refractivity contribution is -0.125. The quantitative estimate of drug-likeness (QED) is 0.720. The highest BCUT2D eigenvalue weighted by Gasteiger charge is 2.43. The molecule has 2 aromatic carbocycles. The fourth-order valence-electron chi connectivity index (χ4n) is 4.86. The number of nitrogens with zero attached hydrogens (tertiary/aromatic N) is 2. The summed E-state index contributed by atoms with van der Waals surface area (Å²) in [5.41, 5.74) is 0.540. The standard InChI is InChI=1S/C24H25N3O3/c1-16(27-23(29)18-9-3-2-8-17(18)15-25-27)22(28)26-20-14-24(12-6-7-13-24)30-21-11-5-4-10-19(20)21/h2-5,8-11,15-16,20H,6-7,12-14H2,1H3,(H,26,28)/t16-,20+/m0/s1. The third-order valence-electron chi connectivity index (χ3n) is 6.50. The molecule has 0 unspecified atom stereocenters. The molecule has 0 bridgehead atoms. The van der Waals surface area contributed by atoms with E-state index >= 15 is 0 Å². The second-order valence-corrected chi connectivity index (χ2v) is 8.45. The molecule has 6 heteroatoms. The van der Waals surface area contributed by atoms with E-state index in [1.807, 2.05) is 42.5 Å². The number of carbonyl (C=O) groups is 1. The Labute approximate surface area is 174 Å². The molecule has 0 radical (unpaired) electrons. The number of nitrogens with one attached hydrogen (secondary N) is 1. The highest BCUT2D eigenvalue weighted by atomic mass is 16.5. The topological polar surface area (TPSA) is 73.2 Å². The number of benzene rings is 2. The maximum Gasteiger partial charge on any atom is 0.275 e. The van der Waals surface area contributed by atoms with Crippen molar-refractivity contribution in [2.45, 2.75) is 56.7 Å². The number of hydrogen-bond donors (Lipinski definition) is 1. The number of carbonyl (C=O) groups excluding carboxylic acids is 1. The fourth-order valence-corrected chi connectivity index (χ4v) is 4.86. The minimum absolute atomic E-state index is 0.140. The van der Waals surface area contributed by atoms with Crippen molar-refractivity contribution in [3.8, 4) is 5.75 Å². The molecule has 1 aliphatic heterocycles. The predicted octanol–water partition coefficient (Wildman–Crippen LogP) is 3.91. The predicted molar refractivity (Wildman–Crippen MR) is 114 cm³/mol. The molecule has 5 rings (SSSR count). The summed E-state index contributed by atoms with van der Waals surface area (Å²) >= 11 is 0. The molecule has 1 saturated carbocycles.